The first-order valence-electron chi connectivity index (χ1n) is 12.3. The number of urea groups is 1. The standard InChI is InChI=1S/C28H26N4O5/c1-36-20-12-10-19(11-13-20)22-16-23(24-9-5-15-37-24)32(30-22)25(33)17-31-26(34)28(29-27(31)35)14-4-7-18-6-2-3-8-21(18)28/h2-3,5-6,8-13,15,23H,4,7,14,16-17H2,1H3,(H,29,35)/t23-,28-/m1/s1. The molecule has 1 saturated heterocycles. The molecule has 9 heteroatoms. The predicted molar refractivity (Wildman–Crippen MR) is 134 cm³/mol. The van der Waals surface area contributed by atoms with Gasteiger partial charge in [0.2, 0.25) is 0 Å². The van der Waals surface area contributed by atoms with Crippen molar-refractivity contribution >= 4 is 23.6 Å². The van der Waals surface area contributed by atoms with Crippen molar-refractivity contribution in [1.82, 2.24) is 15.2 Å². The van der Waals surface area contributed by atoms with Crippen molar-refractivity contribution in [1.29, 1.82) is 0 Å². The van der Waals surface area contributed by atoms with Gasteiger partial charge in [0.25, 0.3) is 11.8 Å². The van der Waals surface area contributed by atoms with Crippen LogP contribution in [-0.4, -0.2) is 47.1 Å². The Balaban J connectivity index is 1.28. The number of hydrazone groups is 1. The summed E-state index contributed by atoms with van der Waals surface area (Å²) >= 11 is 0. The number of methoxy groups -OCH3 is 1. The molecule has 1 aliphatic carbocycles. The number of nitrogens with one attached hydrogen (secondary N) is 1. The van der Waals surface area contributed by atoms with Gasteiger partial charge in [-0.25, -0.2) is 9.80 Å². The van der Waals surface area contributed by atoms with Crippen LogP contribution < -0.4 is 10.1 Å². The second-order valence-electron chi connectivity index (χ2n) is 9.49. The Labute approximate surface area is 213 Å². The number of hydrogen-bond donors (Lipinski definition) is 1. The highest BCUT2D eigenvalue weighted by Gasteiger charge is 2.54. The Morgan fingerprint density at radius 1 is 1.14 bits per heavy atom. The predicted octanol–water partition coefficient (Wildman–Crippen LogP) is 3.75. The van der Waals surface area contributed by atoms with Gasteiger partial charge in [0, 0.05) is 6.42 Å². The number of carbonyl (C=O) groups excluding carboxylic acids is 3. The van der Waals surface area contributed by atoms with Gasteiger partial charge in [-0.1, -0.05) is 24.3 Å². The first kappa shape index (κ1) is 23.0. The van der Waals surface area contributed by atoms with E-state index in [1.807, 2.05) is 48.5 Å². The van der Waals surface area contributed by atoms with Gasteiger partial charge in [0.15, 0.2) is 0 Å². The normalized spacial score (nSPS) is 22.7. The summed E-state index contributed by atoms with van der Waals surface area (Å²) in [4.78, 5) is 41.3. The van der Waals surface area contributed by atoms with Gasteiger partial charge in [-0.2, -0.15) is 5.10 Å². The largest absolute Gasteiger partial charge is 0.497 e. The van der Waals surface area contributed by atoms with Crippen LogP contribution >= 0.6 is 0 Å². The maximum atomic E-state index is 13.7. The van der Waals surface area contributed by atoms with Crippen LogP contribution in [-0.2, 0) is 21.5 Å². The minimum Gasteiger partial charge on any atom is -0.497 e. The lowest BCUT2D eigenvalue weighted by Gasteiger charge is -2.33. The summed E-state index contributed by atoms with van der Waals surface area (Å²) in [7, 11) is 1.60. The molecule has 1 fully saturated rings. The summed E-state index contributed by atoms with van der Waals surface area (Å²) in [5.41, 5.74) is 2.27. The third kappa shape index (κ3) is 3.78. The first-order chi connectivity index (χ1) is 18.0. The number of hydrogen-bond acceptors (Lipinski definition) is 6. The molecule has 0 saturated carbocycles. The van der Waals surface area contributed by atoms with E-state index in [-0.39, 0.29) is 0 Å². The van der Waals surface area contributed by atoms with Crippen molar-refractivity contribution in [2.24, 2.45) is 5.10 Å². The molecule has 0 bridgehead atoms. The molecule has 2 atom stereocenters. The lowest BCUT2D eigenvalue weighted by atomic mass is 9.76. The number of carbonyl (C=O) groups is 3. The van der Waals surface area contributed by atoms with E-state index in [0.717, 1.165) is 40.2 Å². The van der Waals surface area contributed by atoms with Gasteiger partial charge in [-0.05, 0) is 72.4 Å². The van der Waals surface area contributed by atoms with Crippen LogP contribution in [0.1, 0.15) is 47.8 Å². The van der Waals surface area contributed by atoms with E-state index < -0.39 is 36.0 Å². The van der Waals surface area contributed by atoms with Gasteiger partial charge in [-0.3, -0.25) is 14.5 Å². The molecule has 6 rings (SSSR count). The molecule has 2 aromatic carbocycles. The molecule has 0 radical (unpaired) electrons. The van der Waals surface area contributed by atoms with Crippen LogP contribution in [0.4, 0.5) is 4.79 Å². The van der Waals surface area contributed by atoms with Crippen LogP contribution in [0.3, 0.4) is 0 Å². The Hall–Kier alpha value is -4.40. The van der Waals surface area contributed by atoms with E-state index in [1.165, 1.54) is 5.01 Å². The molecule has 37 heavy (non-hydrogen) atoms. The number of amides is 4. The Bertz CT molecular complexity index is 1400. The molecule has 1 spiro atoms. The highest BCUT2D eigenvalue weighted by Crippen LogP contribution is 2.40. The summed E-state index contributed by atoms with van der Waals surface area (Å²) in [5, 5.41) is 8.85. The van der Waals surface area contributed by atoms with E-state index in [1.54, 1.807) is 25.5 Å². The van der Waals surface area contributed by atoms with E-state index in [2.05, 4.69) is 10.4 Å². The quantitative estimate of drug-likeness (QED) is 0.540. The molecule has 3 aliphatic rings. The molecule has 9 nitrogen and oxygen atoms in total. The average molecular weight is 499 g/mol. The summed E-state index contributed by atoms with van der Waals surface area (Å²) in [6, 6.07) is 17.6. The van der Waals surface area contributed by atoms with Crippen LogP contribution in [0, 0.1) is 0 Å². The molecular formula is C28H26N4O5. The highest BCUT2D eigenvalue weighted by atomic mass is 16.5. The zero-order valence-corrected chi connectivity index (χ0v) is 20.3. The van der Waals surface area contributed by atoms with Crippen molar-refractivity contribution in [2.75, 3.05) is 13.7 Å². The van der Waals surface area contributed by atoms with Gasteiger partial charge < -0.3 is 14.5 Å². The Kier molecular flexibility index (Phi) is 5.55. The fourth-order valence-electron chi connectivity index (χ4n) is 5.56. The van der Waals surface area contributed by atoms with Crippen molar-refractivity contribution < 1.29 is 23.5 Å². The third-order valence-electron chi connectivity index (χ3n) is 7.40. The van der Waals surface area contributed by atoms with E-state index >= 15 is 0 Å². The lowest BCUT2D eigenvalue weighted by molar-refractivity contribution is -0.140. The van der Waals surface area contributed by atoms with Crippen LogP contribution in [0.25, 0.3) is 0 Å². The number of aryl methyl sites for hydroxylation is 1. The number of ether oxygens (including phenoxy) is 1. The van der Waals surface area contributed by atoms with Crippen molar-refractivity contribution in [3.05, 3.63) is 89.4 Å². The molecule has 3 heterocycles. The monoisotopic (exact) mass is 498 g/mol. The molecule has 0 unspecified atom stereocenters. The fourth-order valence-corrected chi connectivity index (χ4v) is 5.56. The summed E-state index contributed by atoms with van der Waals surface area (Å²) in [5.74, 6) is 0.436. The average Bonchev–Trinajstić information content (AvgIpc) is 3.66. The first-order valence-corrected chi connectivity index (χ1v) is 12.3. The second kappa shape index (κ2) is 8.92. The van der Waals surface area contributed by atoms with Gasteiger partial charge in [0.05, 0.1) is 19.1 Å². The fraction of sp³-hybridized carbons (Fsp3) is 0.286. The van der Waals surface area contributed by atoms with Crippen LogP contribution in [0.5, 0.6) is 5.75 Å². The van der Waals surface area contributed by atoms with Crippen LogP contribution in [0.2, 0.25) is 0 Å². The minimum absolute atomic E-state index is 0.397. The molecule has 4 amide bonds. The lowest BCUT2D eigenvalue weighted by Crippen LogP contribution is -2.47. The molecule has 1 aromatic heterocycles. The SMILES string of the molecule is COc1ccc(C2=NN(C(=O)CN3C(=O)N[C@@]4(CCCc5ccccc54)C3=O)[C@@H](c3ccco3)C2)cc1. The molecule has 2 aliphatic heterocycles. The zero-order valence-electron chi connectivity index (χ0n) is 20.3. The maximum absolute atomic E-state index is 13.7. The summed E-state index contributed by atoms with van der Waals surface area (Å²) < 4.78 is 10.9. The Morgan fingerprint density at radius 3 is 2.70 bits per heavy atom. The molecule has 3 aromatic rings. The molecule has 188 valence electrons. The summed E-state index contributed by atoms with van der Waals surface area (Å²) in [6.07, 6.45) is 4.10. The topological polar surface area (TPSA) is 104 Å². The maximum Gasteiger partial charge on any atom is 0.325 e. The number of fused-ring (bicyclic) bond motifs is 2. The van der Waals surface area contributed by atoms with Crippen molar-refractivity contribution in [2.45, 2.75) is 37.3 Å². The number of rotatable bonds is 5. The van der Waals surface area contributed by atoms with Crippen LogP contribution in [0.15, 0.2) is 76.4 Å². The third-order valence-corrected chi connectivity index (χ3v) is 7.40. The smallest absolute Gasteiger partial charge is 0.325 e. The van der Waals surface area contributed by atoms with E-state index in [9.17, 15) is 14.4 Å². The summed E-state index contributed by atoms with van der Waals surface area (Å²) in [6.45, 7) is -0.412. The van der Waals surface area contributed by atoms with Crippen molar-refractivity contribution in [3.63, 3.8) is 0 Å². The van der Waals surface area contributed by atoms with E-state index in [4.69, 9.17) is 9.15 Å². The van der Waals surface area contributed by atoms with E-state index in [0.29, 0.717) is 24.3 Å². The number of furan rings is 1. The Morgan fingerprint density at radius 2 is 1.95 bits per heavy atom. The second-order valence-corrected chi connectivity index (χ2v) is 9.49. The van der Waals surface area contributed by atoms with Gasteiger partial charge in [-0.15, -0.1) is 0 Å². The zero-order chi connectivity index (χ0) is 25.6. The number of imide groups is 1. The van der Waals surface area contributed by atoms with Gasteiger partial charge >= 0.3 is 6.03 Å². The van der Waals surface area contributed by atoms with Crippen molar-refractivity contribution in [3.8, 4) is 5.75 Å². The number of benzene rings is 2. The molecule has 1 N–H and O–H groups in total. The minimum atomic E-state index is -1.13. The number of nitrogens with zero attached hydrogens (tertiary/aromatic N) is 3. The van der Waals surface area contributed by atoms with Gasteiger partial charge in [0.1, 0.15) is 29.6 Å². The highest BCUT2D eigenvalue weighted by molar-refractivity contribution is 6.10. The molecular weight excluding hydrogens is 472 g/mol.